The van der Waals surface area contributed by atoms with Crippen molar-refractivity contribution >= 4 is 17.6 Å². The largest absolute Gasteiger partial charge is 0.426 e. The van der Waals surface area contributed by atoms with E-state index >= 15 is 0 Å². The van der Waals surface area contributed by atoms with Gasteiger partial charge in [0, 0.05) is 11.3 Å². The molecule has 0 atom stereocenters. The number of amides is 1. The summed E-state index contributed by atoms with van der Waals surface area (Å²) >= 11 is 0. The molecule has 24 heavy (non-hydrogen) atoms. The second kappa shape index (κ2) is 6.87. The molecular formula is C20H21NO3. The van der Waals surface area contributed by atoms with Gasteiger partial charge in [0.15, 0.2) is 0 Å². The highest BCUT2D eigenvalue weighted by Crippen LogP contribution is 2.38. The standard InChI is InChI=1S/C20H21NO3/c1-20(13-5-6-14-20)19(23)24-17-11-9-16(10-12-17)21-18(22)15-7-3-2-4-8-15/h2-4,7-12H,5-6,13-14H2,1H3,(H,21,22). The first kappa shape index (κ1) is 16.2. The molecule has 1 N–H and O–H groups in total. The molecule has 4 heteroatoms. The molecule has 0 aromatic heterocycles. The predicted molar refractivity (Wildman–Crippen MR) is 93.0 cm³/mol. The van der Waals surface area contributed by atoms with Crippen molar-refractivity contribution < 1.29 is 14.3 Å². The summed E-state index contributed by atoms with van der Waals surface area (Å²) in [5.74, 6) is 0.172. The molecule has 3 rings (SSSR count). The summed E-state index contributed by atoms with van der Waals surface area (Å²) in [4.78, 5) is 24.4. The third-order valence-corrected chi connectivity index (χ3v) is 4.56. The molecule has 4 nitrogen and oxygen atoms in total. The lowest BCUT2D eigenvalue weighted by Crippen LogP contribution is -2.29. The van der Waals surface area contributed by atoms with Gasteiger partial charge >= 0.3 is 5.97 Å². The number of benzene rings is 2. The molecule has 2 aromatic carbocycles. The Morgan fingerprint density at radius 3 is 2.21 bits per heavy atom. The summed E-state index contributed by atoms with van der Waals surface area (Å²) in [5.41, 5.74) is 0.901. The molecule has 1 amide bonds. The molecule has 0 radical (unpaired) electrons. The zero-order valence-electron chi connectivity index (χ0n) is 13.7. The zero-order chi connectivity index (χ0) is 17.0. The maximum absolute atomic E-state index is 12.3. The van der Waals surface area contributed by atoms with Gasteiger partial charge in [0.05, 0.1) is 5.41 Å². The molecule has 0 spiro atoms. The number of carbonyl (C=O) groups excluding carboxylic acids is 2. The topological polar surface area (TPSA) is 55.4 Å². The average molecular weight is 323 g/mol. The lowest BCUT2D eigenvalue weighted by molar-refractivity contribution is -0.144. The molecule has 124 valence electrons. The predicted octanol–water partition coefficient (Wildman–Crippen LogP) is 4.42. The number of anilines is 1. The molecule has 1 aliphatic rings. The lowest BCUT2D eigenvalue weighted by atomic mass is 9.89. The van der Waals surface area contributed by atoms with E-state index in [1.165, 1.54) is 0 Å². The Hall–Kier alpha value is -2.62. The highest BCUT2D eigenvalue weighted by atomic mass is 16.5. The van der Waals surface area contributed by atoms with Crippen molar-refractivity contribution in [2.75, 3.05) is 5.32 Å². The summed E-state index contributed by atoms with van der Waals surface area (Å²) in [6.45, 7) is 1.97. The second-order valence-electron chi connectivity index (χ2n) is 6.50. The maximum Gasteiger partial charge on any atom is 0.317 e. The number of nitrogens with one attached hydrogen (secondary N) is 1. The first-order valence-corrected chi connectivity index (χ1v) is 8.26. The molecule has 0 aliphatic heterocycles. The van der Waals surface area contributed by atoms with E-state index in [1.54, 1.807) is 36.4 Å². The van der Waals surface area contributed by atoms with Crippen LogP contribution in [0.4, 0.5) is 5.69 Å². The lowest BCUT2D eigenvalue weighted by Gasteiger charge is -2.20. The average Bonchev–Trinajstić information content (AvgIpc) is 3.05. The highest BCUT2D eigenvalue weighted by molar-refractivity contribution is 6.04. The molecule has 0 saturated heterocycles. The zero-order valence-corrected chi connectivity index (χ0v) is 13.7. The van der Waals surface area contributed by atoms with Gasteiger partial charge in [-0.25, -0.2) is 0 Å². The third kappa shape index (κ3) is 3.65. The van der Waals surface area contributed by atoms with Crippen molar-refractivity contribution in [1.29, 1.82) is 0 Å². The van der Waals surface area contributed by atoms with Gasteiger partial charge in [-0.2, -0.15) is 0 Å². The van der Waals surface area contributed by atoms with Crippen molar-refractivity contribution in [3.63, 3.8) is 0 Å². The van der Waals surface area contributed by atoms with Crippen molar-refractivity contribution in [2.24, 2.45) is 5.41 Å². The molecule has 1 aliphatic carbocycles. The second-order valence-corrected chi connectivity index (χ2v) is 6.50. The Kier molecular flexibility index (Phi) is 4.65. The van der Waals surface area contributed by atoms with Crippen LogP contribution in [0.2, 0.25) is 0 Å². The third-order valence-electron chi connectivity index (χ3n) is 4.56. The van der Waals surface area contributed by atoms with Crippen molar-refractivity contribution in [2.45, 2.75) is 32.6 Å². The van der Waals surface area contributed by atoms with Gasteiger partial charge in [-0.3, -0.25) is 9.59 Å². The van der Waals surface area contributed by atoms with E-state index in [9.17, 15) is 9.59 Å². The minimum Gasteiger partial charge on any atom is -0.426 e. The smallest absolute Gasteiger partial charge is 0.317 e. The number of hydrogen-bond donors (Lipinski definition) is 1. The summed E-state index contributed by atoms with van der Waals surface area (Å²) in [6, 6.07) is 15.9. The molecule has 1 saturated carbocycles. The fraction of sp³-hybridized carbons (Fsp3) is 0.300. The van der Waals surface area contributed by atoms with Crippen LogP contribution >= 0.6 is 0 Å². The Bertz CT molecular complexity index is 716. The number of carbonyl (C=O) groups is 2. The quantitative estimate of drug-likeness (QED) is 0.669. The van der Waals surface area contributed by atoms with Gasteiger partial charge in [-0.1, -0.05) is 31.0 Å². The van der Waals surface area contributed by atoms with Crippen molar-refractivity contribution in [3.8, 4) is 5.75 Å². The van der Waals surface area contributed by atoms with Crippen molar-refractivity contribution in [3.05, 3.63) is 60.2 Å². The molecule has 1 fully saturated rings. The van der Waals surface area contributed by atoms with Gasteiger partial charge in [0.25, 0.3) is 5.91 Å². The first-order chi connectivity index (χ1) is 11.6. The van der Waals surface area contributed by atoms with E-state index in [4.69, 9.17) is 4.74 Å². The number of ether oxygens (including phenoxy) is 1. The summed E-state index contributed by atoms with van der Waals surface area (Å²) < 4.78 is 5.49. The van der Waals surface area contributed by atoms with Crippen LogP contribution < -0.4 is 10.1 Å². The van der Waals surface area contributed by atoms with Crippen molar-refractivity contribution in [1.82, 2.24) is 0 Å². The Morgan fingerprint density at radius 1 is 0.958 bits per heavy atom. The summed E-state index contributed by atoms with van der Waals surface area (Å²) in [7, 11) is 0. The normalized spacial score (nSPS) is 15.7. The van der Waals surface area contributed by atoms with Crippen LogP contribution in [0.15, 0.2) is 54.6 Å². The van der Waals surface area contributed by atoms with Crippen LogP contribution in [0.1, 0.15) is 43.0 Å². The van der Waals surface area contributed by atoms with E-state index < -0.39 is 0 Å². The van der Waals surface area contributed by atoms with E-state index in [0.29, 0.717) is 17.0 Å². The minimum absolute atomic E-state index is 0.166. The maximum atomic E-state index is 12.3. The fourth-order valence-electron chi connectivity index (χ4n) is 2.99. The molecule has 0 bridgehead atoms. The molecular weight excluding hydrogens is 302 g/mol. The SMILES string of the molecule is CC1(C(=O)Oc2ccc(NC(=O)c3ccccc3)cc2)CCCC1. The van der Waals surface area contributed by atoms with E-state index in [2.05, 4.69) is 5.32 Å². The fourth-order valence-corrected chi connectivity index (χ4v) is 2.99. The molecule has 2 aromatic rings. The van der Waals surface area contributed by atoms with Crippen LogP contribution in [0.3, 0.4) is 0 Å². The Morgan fingerprint density at radius 2 is 1.58 bits per heavy atom. The summed E-state index contributed by atoms with van der Waals surface area (Å²) in [5, 5.41) is 2.82. The summed E-state index contributed by atoms with van der Waals surface area (Å²) in [6.07, 6.45) is 3.93. The van der Waals surface area contributed by atoms with Crippen LogP contribution in [-0.2, 0) is 4.79 Å². The monoisotopic (exact) mass is 323 g/mol. The van der Waals surface area contributed by atoms with E-state index in [-0.39, 0.29) is 17.3 Å². The number of rotatable bonds is 4. The first-order valence-electron chi connectivity index (χ1n) is 8.26. The van der Waals surface area contributed by atoms with Crippen LogP contribution in [0.5, 0.6) is 5.75 Å². The van der Waals surface area contributed by atoms with Crippen LogP contribution in [0, 0.1) is 5.41 Å². The van der Waals surface area contributed by atoms with E-state index in [0.717, 1.165) is 25.7 Å². The van der Waals surface area contributed by atoms with Gasteiger partial charge in [-0.05, 0) is 56.2 Å². The van der Waals surface area contributed by atoms with Gasteiger partial charge in [0.1, 0.15) is 5.75 Å². The van der Waals surface area contributed by atoms with Crippen LogP contribution in [0.25, 0.3) is 0 Å². The number of esters is 1. The van der Waals surface area contributed by atoms with Gasteiger partial charge < -0.3 is 10.1 Å². The number of hydrogen-bond acceptors (Lipinski definition) is 3. The Balaban J connectivity index is 1.61. The van der Waals surface area contributed by atoms with Crippen LogP contribution in [-0.4, -0.2) is 11.9 Å². The highest BCUT2D eigenvalue weighted by Gasteiger charge is 2.38. The minimum atomic E-state index is -0.361. The molecule has 0 unspecified atom stereocenters. The van der Waals surface area contributed by atoms with E-state index in [1.807, 2.05) is 25.1 Å². The molecule has 0 heterocycles. The van der Waals surface area contributed by atoms with Gasteiger partial charge in [0.2, 0.25) is 0 Å². The Labute approximate surface area is 141 Å². The van der Waals surface area contributed by atoms with Gasteiger partial charge in [-0.15, -0.1) is 0 Å².